The number of fused-ring (bicyclic) bond motifs is 2. The zero-order chi connectivity index (χ0) is 38.1. The molecule has 1 spiro atoms. The molecule has 7 atom stereocenters. The highest BCUT2D eigenvalue weighted by molar-refractivity contribution is 7.99. The molecule has 2 bridgehead atoms. The van der Waals surface area contributed by atoms with E-state index in [1.54, 1.807) is 38.4 Å². The van der Waals surface area contributed by atoms with Gasteiger partial charge in [0, 0.05) is 51.9 Å². The summed E-state index contributed by atoms with van der Waals surface area (Å²) in [6, 6.07) is 29.2. The van der Waals surface area contributed by atoms with Crippen LogP contribution in [0.4, 0.5) is 11.4 Å². The van der Waals surface area contributed by atoms with Crippen LogP contribution in [0, 0.1) is 5.92 Å². The fourth-order valence-electron chi connectivity index (χ4n) is 8.84. The third-order valence-corrected chi connectivity index (χ3v) is 13.0. The Labute approximate surface area is 324 Å². The number of phenolic OH excluding ortho intramolecular Hbond substituents is 1. The van der Waals surface area contributed by atoms with E-state index < -0.39 is 12.2 Å². The number of likely N-dealkylation sites (N-methyl/N-ethyl adjacent to an activating group) is 3. The van der Waals surface area contributed by atoms with Crippen molar-refractivity contribution in [1.82, 2.24) is 15.1 Å². The quantitative estimate of drug-likeness (QED) is 0.159. The number of nitrogens with zero attached hydrogens (tertiary/aromatic N) is 3. The number of anilines is 2. The summed E-state index contributed by atoms with van der Waals surface area (Å²) >= 11 is 1.87. The van der Waals surface area contributed by atoms with Gasteiger partial charge in [-0.05, 0) is 108 Å². The maximum absolute atomic E-state index is 10.6. The van der Waals surface area contributed by atoms with Gasteiger partial charge in [0.1, 0.15) is 18.0 Å². The number of para-hydroxylation sites is 2. The number of rotatable bonds is 7. The van der Waals surface area contributed by atoms with Crippen LogP contribution in [0.2, 0.25) is 0 Å². The molecule has 0 amide bonds. The smallest absolute Gasteiger partial charge is 0.165 e. The second kappa shape index (κ2) is 16.0. The van der Waals surface area contributed by atoms with Crippen LogP contribution in [0.5, 0.6) is 17.2 Å². The Bertz CT molecular complexity index is 1930. The lowest BCUT2D eigenvalue weighted by Crippen LogP contribution is -2.64. The molecule has 0 saturated carbocycles. The van der Waals surface area contributed by atoms with Crippen molar-refractivity contribution in [2.45, 2.75) is 65.4 Å². The van der Waals surface area contributed by atoms with Crippen molar-refractivity contribution in [3.63, 3.8) is 0 Å². The third kappa shape index (κ3) is 7.00. The monoisotopic (exact) mass is 750 g/mol. The van der Waals surface area contributed by atoms with Crippen molar-refractivity contribution < 1.29 is 24.8 Å². The summed E-state index contributed by atoms with van der Waals surface area (Å²) in [6.45, 7) is 4.82. The van der Waals surface area contributed by atoms with E-state index in [0.29, 0.717) is 24.5 Å². The lowest BCUT2D eigenvalue weighted by Gasteiger charge is -2.56. The molecule has 3 aliphatic heterocycles. The molecule has 3 heterocycles. The highest BCUT2D eigenvalue weighted by Gasteiger charge is 2.64. The van der Waals surface area contributed by atoms with Crippen LogP contribution in [-0.2, 0) is 11.8 Å². The van der Waals surface area contributed by atoms with Gasteiger partial charge < -0.3 is 44.8 Å². The van der Waals surface area contributed by atoms with Crippen LogP contribution in [0.3, 0.4) is 0 Å². The van der Waals surface area contributed by atoms with Crippen LogP contribution in [0.1, 0.15) is 36.1 Å². The number of aliphatic hydroxyl groups excluding tert-OH is 2. The molecule has 0 radical (unpaired) electrons. The number of hydrogen-bond donors (Lipinski definition) is 4. The Morgan fingerprint density at radius 2 is 1.70 bits per heavy atom. The fourth-order valence-corrected chi connectivity index (χ4v) is 9.93. The first-order valence-corrected chi connectivity index (χ1v) is 19.7. The fraction of sp³-hybridized carbons (Fsp3) is 0.409. The van der Waals surface area contributed by atoms with E-state index in [1.807, 2.05) is 23.9 Å². The third-order valence-electron chi connectivity index (χ3n) is 11.9. The van der Waals surface area contributed by atoms with Crippen LogP contribution in [0.15, 0.2) is 107 Å². The summed E-state index contributed by atoms with van der Waals surface area (Å²) < 4.78 is 11.8. The molecule has 54 heavy (non-hydrogen) atoms. The van der Waals surface area contributed by atoms with E-state index in [4.69, 9.17) is 14.6 Å². The van der Waals surface area contributed by atoms with E-state index in [9.17, 15) is 10.2 Å². The predicted octanol–water partition coefficient (Wildman–Crippen LogP) is 6.39. The van der Waals surface area contributed by atoms with E-state index in [1.165, 1.54) is 32.3 Å². The van der Waals surface area contributed by atoms with E-state index in [2.05, 4.69) is 109 Å². The summed E-state index contributed by atoms with van der Waals surface area (Å²) in [5.41, 5.74) is 5.98. The largest absolute Gasteiger partial charge is 0.508 e. The van der Waals surface area contributed by atoms with Gasteiger partial charge in [0.2, 0.25) is 0 Å². The summed E-state index contributed by atoms with van der Waals surface area (Å²) in [6.07, 6.45) is 4.98. The number of aliphatic hydroxyl groups is 2. The van der Waals surface area contributed by atoms with Gasteiger partial charge in [-0.15, -0.1) is 0 Å². The minimum Gasteiger partial charge on any atom is -0.508 e. The van der Waals surface area contributed by atoms with Gasteiger partial charge in [0.15, 0.2) is 11.5 Å². The van der Waals surface area contributed by atoms with Gasteiger partial charge in [-0.1, -0.05) is 66.4 Å². The second-order valence-electron chi connectivity index (χ2n) is 15.2. The highest BCUT2D eigenvalue weighted by atomic mass is 32.2. The minimum absolute atomic E-state index is 0.0806. The van der Waals surface area contributed by atoms with Crippen molar-refractivity contribution in [3.05, 3.63) is 114 Å². The molecule has 0 aromatic heterocycles. The normalized spacial score (nSPS) is 25.1. The Hall–Kier alpha value is -4.03. The van der Waals surface area contributed by atoms with Gasteiger partial charge in [-0.25, -0.2) is 0 Å². The number of likely N-dealkylation sites (tertiary alicyclic amines) is 1. The van der Waals surface area contributed by atoms with Crippen molar-refractivity contribution in [2.24, 2.45) is 5.92 Å². The molecular formula is C44H54N4O5S. The molecule has 10 heteroatoms. The number of nitrogens with one attached hydrogen (secondary N) is 1. The number of aromatic hydroxyl groups is 1. The van der Waals surface area contributed by atoms with Crippen LogP contribution in [-0.4, -0.2) is 104 Å². The molecule has 1 fully saturated rings. The van der Waals surface area contributed by atoms with Gasteiger partial charge in [0.05, 0.1) is 24.6 Å². The molecule has 4 N–H and O–H groups in total. The summed E-state index contributed by atoms with van der Waals surface area (Å²) in [4.78, 5) is 9.88. The Morgan fingerprint density at radius 1 is 1.00 bits per heavy atom. The maximum Gasteiger partial charge on any atom is 0.165 e. The Balaban J connectivity index is 0.000000131. The first-order chi connectivity index (χ1) is 26.1. The number of benzene rings is 4. The number of hydrogen-bond acceptors (Lipinski definition) is 10. The summed E-state index contributed by atoms with van der Waals surface area (Å²) in [7, 11) is 9.96. The van der Waals surface area contributed by atoms with Crippen LogP contribution in [0.25, 0.3) is 0 Å². The zero-order valence-electron chi connectivity index (χ0n) is 32.1. The molecule has 1 unspecified atom stereocenters. The molecule has 5 aliphatic rings. The lowest BCUT2D eigenvalue weighted by molar-refractivity contribution is -0.0453. The van der Waals surface area contributed by atoms with Gasteiger partial charge >= 0.3 is 0 Å². The molecule has 4 aromatic rings. The Kier molecular flexibility index (Phi) is 11.3. The summed E-state index contributed by atoms with van der Waals surface area (Å²) in [5.74, 6) is 2.27. The molecule has 1 saturated heterocycles. The number of methoxy groups -OCH3 is 1. The average molecular weight is 751 g/mol. The van der Waals surface area contributed by atoms with Gasteiger partial charge in [-0.3, -0.25) is 0 Å². The molecule has 2 aliphatic carbocycles. The second-order valence-corrected chi connectivity index (χ2v) is 16.3. The summed E-state index contributed by atoms with van der Waals surface area (Å²) in [5, 5.41) is 32.0. The van der Waals surface area contributed by atoms with Crippen molar-refractivity contribution in [3.8, 4) is 17.2 Å². The van der Waals surface area contributed by atoms with Gasteiger partial charge in [0.25, 0.3) is 0 Å². The average Bonchev–Trinajstić information content (AvgIpc) is 3.53. The maximum atomic E-state index is 10.6. The van der Waals surface area contributed by atoms with E-state index in [-0.39, 0.29) is 17.3 Å². The van der Waals surface area contributed by atoms with Crippen LogP contribution < -0.4 is 19.7 Å². The highest BCUT2D eigenvalue weighted by Crippen LogP contribution is 2.62. The molecule has 9 nitrogen and oxygen atoms in total. The standard InChI is InChI=1S/C18H21NO3.C17H20N2S.C9H13NO2/c1-19-8-7-18-11-4-5-13(20)17(18)22-16-14(21-2)6-3-10(15(16)18)9-12(11)19;1-13(18(2)3)12-19-14-8-4-6-10-16(14)20-17-11-7-5-9-15(17)19;1-10-6-9(12)7-3-2-4-8(11)5-7/h3-6,11-13,17,20H,7-9H2,1-2H3;4-11,13H,12H2,1-3H3;2-5,9-12H,6H2,1H3/t11-,12+,13-,17-,18-;;9-/m0.0/s1. The first kappa shape index (κ1) is 38.3. The van der Waals surface area contributed by atoms with E-state index in [0.717, 1.165) is 43.0 Å². The predicted molar refractivity (Wildman–Crippen MR) is 217 cm³/mol. The first-order valence-electron chi connectivity index (χ1n) is 18.9. The molecular weight excluding hydrogens is 697 g/mol. The van der Waals surface area contributed by atoms with Crippen molar-refractivity contribution in [2.75, 3.05) is 59.8 Å². The molecule has 4 aromatic carbocycles. The molecule has 9 rings (SSSR count). The minimum atomic E-state index is -0.554. The number of piperidine rings is 1. The Morgan fingerprint density at radius 3 is 2.35 bits per heavy atom. The number of phenols is 1. The van der Waals surface area contributed by atoms with E-state index >= 15 is 0 Å². The van der Waals surface area contributed by atoms with Crippen LogP contribution >= 0.6 is 11.8 Å². The molecule has 286 valence electrons. The van der Waals surface area contributed by atoms with Crippen molar-refractivity contribution >= 4 is 23.1 Å². The topological polar surface area (TPSA) is 101 Å². The number of ether oxygens (including phenoxy) is 2. The lowest BCUT2D eigenvalue weighted by atomic mass is 9.53. The van der Waals surface area contributed by atoms with Gasteiger partial charge in [-0.2, -0.15) is 0 Å². The SMILES string of the molecule is CC(CN1c2ccccc2Sc2ccccc21)N(C)C.CNC[C@H](O)c1cccc(O)c1.COc1ccc2c3c1O[C@H]1[C@@H](O)C=C[C@H]4[C@@H](C2)N(C)CC[C@@]341. The van der Waals surface area contributed by atoms with Crippen molar-refractivity contribution in [1.29, 1.82) is 0 Å². The zero-order valence-corrected chi connectivity index (χ0v) is 33.0.